The van der Waals surface area contributed by atoms with Crippen molar-refractivity contribution in [1.29, 1.82) is 0 Å². The molecule has 0 bridgehead atoms. The molecule has 21 heavy (non-hydrogen) atoms. The Morgan fingerprint density at radius 3 is 2.67 bits per heavy atom. The molecule has 1 aromatic carbocycles. The Labute approximate surface area is 124 Å². The first kappa shape index (κ1) is 15.3. The average Bonchev–Trinajstić information content (AvgIpc) is 2.95. The number of ether oxygens (including phenoxy) is 2. The van der Waals surface area contributed by atoms with E-state index in [1.54, 1.807) is 14.2 Å². The summed E-state index contributed by atoms with van der Waals surface area (Å²) in [7, 11) is 3.19. The topological polar surface area (TPSA) is 83.4 Å². The number of methoxy groups -OCH3 is 2. The van der Waals surface area contributed by atoms with Gasteiger partial charge in [-0.25, -0.2) is 0 Å². The summed E-state index contributed by atoms with van der Waals surface area (Å²) in [6.45, 7) is 1.99. The molecule has 6 nitrogen and oxygen atoms in total. The van der Waals surface area contributed by atoms with Crippen LogP contribution in [-0.2, 0) is 6.42 Å². The summed E-state index contributed by atoms with van der Waals surface area (Å²) in [6, 6.07) is 5.71. The van der Waals surface area contributed by atoms with E-state index in [2.05, 4.69) is 10.1 Å². The molecule has 2 N–H and O–H groups in total. The van der Waals surface area contributed by atoms with Crippen LogP contribution in [0.25, 0.3) is 11.4 Å². The number of aromatic nitrogens is 2. The van der Waals surface area contributed by atoms with Gasteiger partial charge in [-0.15, -0.1) is 0 Å². The second-order valence-corrected chi connectivity index (χ2v) is 4.95. The number of hydrogen-bond donors (Lipinski definition) is 1. The standard InChI is InChI=1S/C15H21N3O3/c1-10(16)5-4-6-14-17-15(18-21-14)11-7-8-12(19-2)13(9-11)20-3/h7-10H,4-6,16H2,1-3H3. The summed E-state index contributed by atoms with van der Waals surface area (Å²) >= 11 is 0. The Kier molecular flexibility index (Phi) is 5.16. The van der Waals surface area contributed by atoms with Crippen LogP contribution >= 0.6 is 0 Å². The van der Waals surface area contributed by atoms with E-state index in [0.717, 1.165) is 24.8 Å². The van der Waals surface area contributed by atoms with Crippen molar-refractivity contribution >= 4 is 0 Å². The first-order chi connectivity index (χ1) is 10.1. The smallest absolute Gasteiger partial charge is 0.226 e. The fraction of sp³-hybridized carbons (Fsp3) is 0.467. The lowest BCUT2D eigenvalue weighted by Crippen LogP contribution is -2.14. The molecule has 1 atom stereocenters. The maximum Gasteiger partial charge on any atom is 0.226 e. The van der Waals surface area contributed by atoms with E-state index in [0.29, 0.717) is 23.2 Å². The van der Waals surface area contributed by atoms with E-state index in [9.17, 15) is 0 Å². The molecule has 1 aromatic heterocycles. The zero-order valence-corrected chi connectivity index (χ0v) is 12.6. The first-order valence-corrected chi connectivity index (χ1v) is 6.94. The first-order valence-electron chi connectivity index (χ1n) is 6.94. The predicted molar refractivity (Wildman–Crippen MR) is 79.4 cm³/mol. The summed E-state index contributed by atoms with van der Waals surface area (Å²) in [5.41, 5.74) is 6.55. The molecule has 2 aromatic rings. The minimum atomic E-state index is 0.193. The minimum absolute atomic E-state index is 0.193. The zero-order chi connectivity index (χ0) is 15.2. The Bertz CT molecular complexity index is 581. The van der Waals surface area contributed by atoms with Gasteiger partial charge in [0.2, 0.25) is 11.7 Å². The van der Waals surface area contributed by atoms with Crippen molar-refractivity contribution in [3.8, 4) is 22.9 Å². The van der Waals surface area contributed by atoms with Gasteiger partial charge in [0, 0.05) is 18.0 Å². The third-order valence-corrected chi connectivity index (χ3v) is 3.16. The quantitative estimate of drug-likeness (QED) is 0.843. The third-order valence-electron chi connectivity index (χ3n) is 3.16. The van der Waals surface area contributed by atoms with Crippen LogP contribution in [-0.4, -0.2) is 30.4 Å². The molecule has 114 valence electrons. The van der Waals surface area contributed by atoms with Crippen molar-refractivity contribution in [3.05, 3.63) is 24.1 Å². The fourth-order valence-corrected chi connectivity index (χ4v) is 2.02. The number of aryl methyl sites for hydroxylation is 1. The Balaban J connectivity index is 2.10. The van der Waals surface area contributed by atoms with Gasteiger partial charge < -0.3 is 19.7 Å². The molecule has 0 amide bonds. The Morgan fingerprint density at radius 2 is 2.00 bits per heavy atom. The lowest BCUT2D eigenvalue weighted by molar-refractivity contribution is 0.355. The van der Waals surface area contributed by atoms with E-state index in [-0.39, 0.29) is 6.04 Å². The van der Waals surface area contributed by atoms with Crippen molar-refractivity contribution in [3.63, 3.8) is 0 Å². The normalized spacial score (nSPS) is 12.2. The molecule has 1 unspecified atom stereocenters. The summed E-state index contributed by atoms with van der Waals surface area (Å²) < 4.78 is 15.7. The van der Waals surface area contributed by atoms with Gasteiger partial charge in [0.25, 0.3) is 0 Å². The molecule has 0 fully saturated rings. The van der Waals surface area contributed by atoms with Crippen LogP contribution in [0.4, 0.5) is 0 Å². The van der Waals surface area contributed by atoms with Crippen molar-refractivity contribution in [2.75, 3.05) is 14.2 Å². The highest BCUT2D eigenvalue weighted by molar-refractivity contribution is 5.60. The molecule has 0 saturated heterocycles. The number of hydrogen-bond acceptors (Lipinski definition) is 6. The van der Waals surface area contributed by atoms with Crippen molar-refractivity contribution < 1.29 is 14.0 Å². The molecule has 1 heterocycles. The summed E-state index contributed by atoms with van der Waals surface area (Å²) in [6.07, 6.45) is 2.61. The summed E-state index contributed by atoms with van der Waals surface area (Å²) in [5.74, 6) is 2.48. The Hall–Kier alpha value is -2.08. The zero-order valence-electron chi connectivity index (χ0n) is 12.6. The van der Waals surface area contributed by atoms with Crippen LogP contribution in [0.3, 0.4) is 0 Å². The van der Waals surface area contributed by atoms with Crippen LogP contribution in [0.5, 0.6) is 11.5 Å². The number of rotatable bonds is 7. The minimum Gasteiger partial charge on any atom is -0.493 e. The van der Waals surface area contributed by atoms with E-state index in [1.807, 2.05) is 25.1 Å². The molecule has 0 aliphatic heterocycles. The van der Waals surface area contributed by atoms with Gasteiger partial charge in [-0.1, -0.05) is 5.16 Å². The van der Waals surface area contributed by atoms with E-state index >= 15 is 0 Å². The fourth-order valence-electron chi connectivity index (χ4n) is 2.02. The highest BCUT2D eigenvalue weighted by Crippen LogP contribution is 2.31. The lowest BCUT2D eigenvalue weighted by atomic mass is 10.1. The van der Waals surface area contributed by atoms with Gasteiger partial charge >= 0.3 is 0 Å². The molecular formula is C15H21N3O3. The average molecular weight is 291 g/mol. The summed E-state index contributed by atoms with van der Waals surface area (Å²) in [4.78, 5) is 4.39. The van der Waals surface area contributed by atoms with Gasteiger partial charge in [-0.05, 0) is 38.0 Å². The molecule has 0 aliphatic carbocycles. The molecule has 6 heteroatoms. The van der Waals surface area contributed by atoms with Gasteiger partial charge in [0.05, 0.1) is 14.2 Å². The highest BCUT2D eigenvalue weighted by atomic mass is 16.5. The number of nitrogens with zero attached hydrogens (tertiary/aromatic N) is 2. The maximum atomic E-state index is 5.72. The van der Waals surface area contributed by atoms with Crippen molar-refractivity contribution in [2.45, 2.75) is 32.2 Å². The second-order valence-electron chi connectivity index (χ2n) is 4.95. The van der Waals surface area contributed by atoms with E-state index in [4.69, 9.17) is 19.7 Å². The largest absolute Gasteiger partial charge is 0.493 e. The molecular weight excluding hydrogens is 270 g/mol. The van der Waals surface area contributed by atoms with Crippen molar-refractivity contribution in [2.24, 2.45) is 5.73 Å². The van der Waals surface area contributed by atoms with E-state index < -0.39 is 0 Å². The Morgan fingerprint density at radius 1 is 1.24 bits per heavy atom. The van der Waals surface area contributed by atoms with E-state index in [1.165, 1.54) is 0 Å². The molecule has 0 aliphatic rings. The number of benzene rings is 1. The monoisotopic (exact) mass is 291 g/mol. The highest BCUT2D eigenvalue weighted by Gasteiger charge is 2.12. The maximum absolute atomic E-state index is 5.72. The summed E-state index contributed by atoms with van der Waals surface area (Å²) in [5, 5.41) is 4.00. The third kappa shape index (κ3) is 3.95. The lowest BCUT2D eigenvalue weighted by Gasteiger charge is -2.07. The molecule has 0 spiro atoms. The molecule has 2 rings (SSSR count). The van der Waals surface area contributed by atoms with Gasteiger partial charge in [-0.2, -0.15) is 4.98 Å². The van der Waals surface area contributed by atoms with Crippen LogP contribution in [0.15, 0.2) is 22.7 Å². The van der Waals surface area contributed by atoms with Gasteiger partial charge in [-0.3, -0.25) is 0 Å². The van der Waals surface area contributed by atoms with Crippen molar-refractivity contribution in [1.82, 2.24) is 10.1 Å². The van der Waals surface area contributed by atoms with Crippen LogP contribution in [0.2, 0.25) is 0 Å². The molecule has 0 radical (unpaired) electrons. The molecule has 0 saturated carbocycles. The SMILES string of the molecule is COc1ccc(-c2noc(CCCC(C)N)n2)cc1OC. The van der Waals surface area contributed by atoms with Gasteiger partial charge in [0.15, 0.2) is 11.5 Å². The predicted octanol–water partition coefficient (Wildman–Crippen LogP) is 2.42. The van der Waals surface area contributed by atoms with Gasteiger partial charge in [0.1, 0.15) is 0 Å². The second kappa shape index (κ2) is 7.08. The van der Waals surface area contributed by atoms with Crippen LogP contribution in [0.1, 0.15) is 25.7 Å². The number of nitrogens with two attached hydrogens (primary N) is 1. The van der Waals surface area contributed by atoms with Crippen LogP contribution in [0, 0.1) is 0 Å². The van der Waals surface area contributed by atoms with Crippen LogP contribution < -0.4 is 15.2 Å².